The SMILES string of the molecule is C=C.CC=O.Oc1ccccc1. The molecule has 0 aromatic heterocycles. The molecule has 66 valence electrons. The number of phenolic OH excluding ortho intramolecular Hbond substituents is 1. The fourth-order valence-electron chi connectivity index (χ4n) is 0.428. The summed E-state index contributed by atoms with van der Waals surface area (Å²) in [5.74, 6) is 0.322. The summed E-state index contributed by atoms with van der Waals surface area (Å²) in [7, 11) is 0. The van der Waals surface area contributed by atoms with Crippen LogP contribution in [0.15, 0.2) is 43.5 Å². The summed E-state index contributed by atoms with van der Waals surface area (Å²) in [5, 5.41) is 8.63. The number of phenols is 1. The van der Waals surface area contributed by atoms with Crippen LogP contribution < -0.4 is 0 Å². The molecule has 0 amide bonds. The van der Waals surface area contributed by atoms with Gasteiger partial charge >= 0.3 is 0 Å². The van der Waals surface area contributed by atoms with E-state index < -0.39 is 0 Å². The zero-order valence-corrected chi connectivity index (χ0v) is 7.23. The van der Waals surface area contributed by atoms with Crippen molar-refractivity contribution >= 4 is 6.29 Å². The van der Waals surface area contributed by atoms with Crippen LogP contribution in [0.1, 0.15) is 6.92 Å². The van der Waals surface area contributed by atoms with Crippen LogP contribution in [0.3, 0.4) is 0 Å². The fraction of sp³-hybridized carbons (Fsp3) is 0.100. The molecule has 0 aliphatic carbocycles. The Balaban J connectivity index is 0. The van der Waals surface area contributed by atoms with Crippen LogP contribution in [0.25, 0.3) is 0 Å². The molecule has 2 heteroatoms. The molecule has 0 saturated heterocycles. The minimum atomic E-state index is 0.322. The largest absolute Gasteiger partial charge is 0.508 e. The third-order valence-electron chi connectivity index (χ3n) is 0.756. The summed E-state index contributed by atoms with van der Waals surface area (Å²) >= 11 is 0. The van der Waals surface area contributed by atoms with Crippen LogP contribution in [0.4, 0.5) is 0 Å². The average Bonchev–Trinajstić information content (AvgIpc) is 2.11. The van der Waals surface area contributed by atoms with E-state index in [9.17, 15) is 0 Å². The van der Waals surface area contributed by atoms with Crippen LogP contribution in [0.2, 0.25) is 0 Å². The topological polar surface area (TPSA) is 37.3 Å². The van der Waals surface area contributed by atoms with E-state index in [0.29, 0.717) is 5.75 Å². The molecule has 0 fully saturated rings. The maximum absolute atomic E-state index is 8.81. The Morgan fingerprint density at radius 2 is 1.58 bits per heavy atom. The number of carbonyl (C=O) groups excluding carboxylic acids is 1. The van der Waals surface area contributed by atoms with Gasteiger partial charge in [-0.3, -0.25) is 0 Å². The lowest BCUT2D eigenvalue weighted by atomic mass is 10.3. The Morgan fingerprint density at radius 3 is 1.75 bits per heavy atom. The minimum Gasteiger partial charge on any atom is -0.508 e. The molecule has 1 N–H and O–H groups in total. The van der Waals surface area contributed by atoms with Crippen molar-refractivity contribution in [2.24, 2.45) is 0 Å². The first kappa shape index (κ1) is 13.1. The van der Waals surface area contributed by atoms with E-state index in [1.54, 1.807) is 24.3 Å². The monoisotopic (exact) mass is 166 g/mol. The molecule has 0 radical (unpaired) electrons. The molecule has 0 spiro atoms. The zero-order valence-electron chi connectivity index (χ0n) is 7.23. The molecule has 1 aromatic carbocycles. The van der Waals surface area contributed by atoms with Gasteiger partial charge in [0.25, 0.3) is 0 Å². The van der Waals surface area contributed by atoms with E-state index in [-0.39, 0.29) is 0 Å². The maximum atomic E-state index is 8.81. The lowest BCUT2D eigenvalue weighted by molar-refractivity contribution is -0.106. The molecule has 0 unspecified atom stereocenters. The standard InChI is InChI=1S/C6H6O.C2H4O.C2H4/c7-6-4-2-1-3-5-6;1-2-3;1-2/h1-5,7H;2H,1H3;1-2H2. The minimum absolute atomic E-state index is 0.322. The maximum Gasteiger partial charge on any atom is 0.116 e. The summed E-state index contributed by atoms with van der Waals surface area (Å²) < 4.78 is 0. The summed E-state index contributed by atoms with van der Waals surface area (Å²) in [4.78, 5) is 8.81. The molecule has 0 heterocycles. The number of hydrogen-bond donors (Lipinski definition) is 1. The molecule has 0 saturated carbocycles. The van der Waals surface area contributed by atoms with Crippen LogP contribution in [-0.4, -0.2) is 11.4 Å². The zero-order chi connectivity index (χ0) is 9.82. The number of rotatable bonds is 0. The number of aldehydes is 1. The highest BCUT2D eigenvalue weighted by Crippen LogP contribution is 2.02. The van der Waals surface area contributed by atoms with Crippen molar-refractivity contribution < 1.29 is 9.90 Å². The molecule has 12 heavy (non-hydrogen) atoms. The van der Waals surface area contributed by atoms with E-state index >= 15 is 0 Å². The number of benzene rings is 1. The fourth-order valence-corrected chi connectivity index (χ4v) is 0.428. The van der Waals surface area contributed by atoms with Gasteiger partial charge in [-0.25, -0.2) is 0 Å². The van der Waals surface area contributed by atoms with Crippen molar-refractivity contribution in [2.75, 3.05) is 0 Å². The van der Waals surface area contributed by atoms with Crippen LogP contribution >= 0.6 is 0 Å². The Bertz CT molecular complexity index is 182. The van der Waals surface area contributed by atoms with E-state index in [2.05, 4.69) is 13.2 Å². The molecular formula is C10H14O2. The van der Waals surface area contributed by atoms with E-state index in [0.717, 1.165) is 6.29 Å². The van der Waals surface area contributed by atoms with Gasteiger partial charge in [0.15, 0.2) is 0 Å². The summed E-state index contributed by atoms with van der Waals surface area (Å²) in [5.41, 5.74) is 0. The van der Waals surface area contributed by atoms with Crippen molar-refractivity contribution in [1.29, 1.82) is 0 Å². The number of carbonyl (C=O) groups is 1. The molecule has 1 aromatic rings. The third-order valence-corrected chi connectivity index (χ3v) is 0.756. The summed E-state index contributed by atoms with van der Waals surface area (Å²) in [6.07, 6.45) is 0.750. The molecule has 2 nitrogen and oxygen atoms in total. The molecule has 1 rings (SSSR count). The van der Waals surface area contributed by atoms with Gasteiger partial charge in [-0.2, -0.15) is 0 Å². The van der Waals surface area contributed by atoms with E-state index in [1.807, 2.05) is 6.07 Å². The molecule has 0 aliphatic heterocycles. The van der Waals surface area contributed by atoms with Crippen LogP contribution in [0, 0.1) is 0 Å². The van der Waals surface area contributed by atoms with Crippen LogP contribution in [-0.2, 0) is 4.79 Å². The Kier molecular flexibility index (Phi) is 13.2. The molecule has 0 aliphatic rings. The Morgan fingerprint density at radius 1 is 1.25 bits per heavy atom. The van der Waals surface area contributed by atoms with E-state index in [4.69, 9.17) is 9.90 Å². The first-order chi connectivity index (χ1) is 5.81. The van der Waals surface area contributed by atoms with Crippen LogP contribution in [0.5, 0.6) is 5.75 Å². The van der Waals surface area contributed by atoms with Gasteiger partial charge in [-0.15, -0.1) is 13.2 Å². The van der Waals surface area contributed by atoms with Gasteiger partial charge in [-0.05, 0) is 19.1 Å². The normalized spacial score (nSPS) is 6.42. The lowest BCUT2D eigenvalue weighted by Gasteiger charge is -1.82. The Labute approximate surface area is 73.2 Å². The molecular weight excluding hydrogens is 152 g/mol. The Hall–Kier alpha value is -1.57. The number of hydrogen-bond acceptors (Lipinski definition) is 2. The highest BCUT2D eigenvalue weighted by atomic mass is 16.3. The quantitative estimate of drug-likeness (QED) is 0.474. The van der Waals surface area contributed by atoms with Gasteiger partial charge in [0.2, 0.25) is 0 Å². The first-order valence-corrected chi connectivity index (χ1v) is 3.45. The number of aromatic hydroxyl groups is 1. The molecule has 0 atom stereocenters. The first-order valence-electron chi connectivity index (χ1n) is 3.45. The second-order valence-corrected chi connectivity index (χ2v) is 1.57. The summed E-state index contributed by atoms with van der Waals surface area (Å²) in [6.45, 7) is 7.44. The van der Waals surface area contributed by atoms with Crippen molar-refractivity contribution in [2.45, 2.75) is 6.92 Å². The highest BCUT2D eigenvalue weighted by molar-refractivity contribution is 5.44. The number of para-hydroxylation sites is 1. The second-order valence-electron chi connectivity index (χ2n) is 1.57. The van der Waals surface area contributed by atoms with Gasteiger partial charge < -0.3 is 9.90 Å². The van der Waals surface area contributed by atoms with Gasteiger partial charge in [0, 0.05) is 0 Å². The van der Waals surface area contributed by atoms with Gasteiger partial charge in [0.05, 0.1) is 0 Å². The van der Waals surface area contributed by atoms with Crippen molar-refractivity contribution in [3.05, 3.63) is 43.5 Å². The predicted molar refractivity (Wildman–Crippen MR) is 51.1 cm³/mol. The average molecular weight is 166 g/mol. The third kappa shape index (κ3) is 11.3. The van der Waals surface area contributed by atoms with E-state index in [1.165, 1.54) is 6.92 Å². The van der Waals surface area contributed by atoms with Crippen molar-refractivity contribution in [1.82, 2.24) is 0 Å². The lowest BCUT2D eigenvalue weighted by Crippen LogP contribution is -1.56. The van der Waals surface area contributed by atoms with Gasteiger partial charge in [-0.1, -0.05) is 18.2 Å². The van der Waals surface area contributed by atoms with Crippen molar-refractivity contribution in [3.63, 3.8) is 0 Å². The van der Waals surface area contributed by atoms with Gasteiger partial charge in [0.1, 0.15) is 12.0 Å². The highest BCUT2D eigenvalue weighted by Gasteiger charge is 1.74. The summed E-state index contributed by atoms with van der Waals surface area (Å²) in [6, 6.07) is 8.71. The second kappa shape index (κ2) is 12.1. The van der Waals surface area contributed by atoms with Crippen molar-refractivity contribution in [3.8, 4) is 5.75 Å². The molecule has 0 bridgehead atoms. The predicted octanol–water partition coefficient (Wildman–Crippen LogP) is 2.40. The smallest absolute Gasteiger partial charge is 0.116 e.